The van der Waals surface area contributed by atoms with Gasteiger partial charge < -0.3 is 9.84 Å². The molecular formula is C13H16O4S. The van der Waals surface area contributed by atoms with Gasteiger partial charge in [0.25, 0.3) is 0 Å². The Bertz CT molecular complexity index is 556. The van der Waals surface area contributed by atoms with Crippen LogP contribution in [-0.2, 0) is 21.0 Å². The van der Waals surface area contributed by atoms with E-state index in [2.05, 4.69) is 0 Å². The lowest BCUT2D eigenvalue weighted by Crippen LogP contribution is -2.41. The Morgan fingerprint density at radius 2 is 1.94 bits per heavy atom. The second kappa shape index (κ2) is 4.05. The minimum atomic E-state index is -3.31. The van der Waals surface area contributed by atoms with E-state index in [1.807, 2.05) is 6.07 Å². The molecule has 3 rings (SSSR count). The van der Waals surface area contributed by atoms with Gasteiger partial charge in [0.1, 0.15) is 5.25 Å². The second-order valence-electron chi connectivity index (χ2n) is 5.21. The van der Waals surface area contributed by atoms with Crippen molar-refractivity contribution in [2.45, 2.75) is 35.0 Å². The normalized spacial score (nSPS) is 22.5. The largest absolute Gasteiger partial charge is 0.390 e. The highest BCUT2D eigenvalue weighted by Gasteiger charge is 2.42. The maximum absolute atomic E-state index is 12.4. The standard InChI is InChI=1S/C13H16O4S/c14-13(5-6-13)7-10-3-1-2-4-12(10)18(15,16)11-8-17-9-11/h1-4,11,14H,5-9H2. The molecule has 98 valence electrons. The first-order valence-corrected chi connectivity index (χ1v) is 7.68. The lowest BCUT2D eigenvalue weighted by Gasteiger charge is -2.27. The van der Waals surface area contributed by atoms with Crippen molar-refractivity contribution in [2.75, 3.05) is 13.2 Å². The van der Waals surface area contributed by atoms with Gasteiger partial charge in [-0.15, -0.1) is 0 Å². The first-order chi connectivity index (χ1) is 8.51. The second-order valence-corrected chi connectivity index (χ2v) is 7.41. The van der Waals surface area contributed by atoms with E-state index in [4.69, 9.17) is 4.74 Å². The molecule has 0 amide bonds. The molecule has 0 atom stereocenters. The van der Waals surface area contributed by atoms with Crippen LogP contribution < -0.4 is 0 Å². The van der Waals surface area contributed by atoms with Crippen molar-refractivity contribution in [3.8, 4) is 0 Å². The van der Waals surface area contributed by atoms with Crippen LogP contribution in [0.15, 0.2) is 29.2 Å². The molecule has 1 aliphatic carbocycles. The molecule has 4 nitrogen and oxygen atoms in total. The first-order valence-electron chi connectivity index (χ1n) is 6.13. The average molecular weight is 268 g/mol. The Kier molecular flexibility index (Phi) is 2.73. The van der Waals surface area contributed by atoms with Crippen molar-refractivity contribution < 1.29 is 18.3 Å². The summed E-state index contributed by atoms with van der Waals surface area (Å²) in [6, 6.07) is 6.97. The Labute approximate surface area is 107 Å². The van der Waals surface area contributed by atoms with Crippen LogP contribution >= 0.6 is 0 Å². The molecule has 1 aromatic rings. The van der Waals surface area contributed by atoms with Crippen molar-refractivity contribution in [1.82, 2.24) is 0 Å². The third-order valence-corrected chi connectivity index (χ3v) is 5.83. The van der Waals surface area contributed by atoms with Crippen molar-refractivity contribution in [3.63, 3.8) is 0 Å². The number of aliphatic hydroxyl groups is 1. The predicted molar refractivity (Wildman–Crippen MR) is 66.1 cm³/mol. The van der Waals surface area contributed by atoms with Gasteiger partial charge in [0, 0.05) is 6.42 Å². The fraction of sp³-hybridized carbons (Fsp3) is 0.538. The molecule has 1 N–H and O–H groups in total. The molecule has 1 heterocycles. The Morgan fingerprint density at radius 1 is 1.28 bits per heavy atom. The predicted octanol–water partition coefficient (Wildman–Crippen LogP) is 0.927. The number of hydrogen-bond donors (Lipinski definition) is 1. The van der Waals surface area contributed by atoms with E-state index in [-0.39, 0.29) is 13.2 Å². The zero-order valence-corrected chi connectivity index (χ0v) is 10.8. The van der Waals surface area contributed by atoms with E-state index in [9.17, 15) is 13.5 Å². The minimum Gasteiger partial charge on any atom is -0.390 e. The van der Waals surface area contributed by atoms with Crippen LogP contribution in [0.3, 0.4) is 0 Å². The van der Waals surface area contributed by atoms with E-state index in [1.165, 1.54) is 0 Å². The summed E-state index contributed by atoms with van der Waals surface area (Å²) in [5.74, 6) is 0. The quantitative estimate of drug-likeness (QED) is 0.882. The first kappa shape index (κ1) is 12.1. The van der Waals surface area contributed by atoms with Gasteiger partial charge in [-0.3, -0.25) is 0 Å². The zero-order chi connectivity index (χ0) is 12.8. The van der Waals surface area contributed by atoms with Crippen LogP contribution in [0.1, 0.15) is 18.4 Å². The maximum atomic E-state index is 12.4. The summed E-state index contributed by atoms with van der Waals surface area (Å²) >= 11 is 0. The molecule has 1 saturated heterocycles. The van der Waals surface area contributed by atoms with Gasteiger partial charge in [0.2, 0.25) is 0 Å². The van der Waals surface area contributed by atoms with E-state index < -0.39 is 20.7 Å². The molecule has 2 fully saturated rings. The summed E-state index contributed by atoms with van der Waals surface area (Å²) in [5.41, 5.74) is 0.0475. The molecule has 0 radical (unpaired) electrons. The molecule has 1 aliphatic heterocycles. The number of benzene rings is 1. The lowest BCUT2D eigenvalue weighted by atomic mass is 10.1. The fourth-order valence-corrected chi connectivity index (χ4v) is 3.86. The fourth-order valence-electron chi connectivity index (χ4n) is 2.18. The third-order valence-electron chi connectivity index (χ3n) is 3.67. The van der Waals surface area contributed by atoms with Gasteiger partial charge in [-0.1, -0.05) is 18.2 Å². The van der Waals surface area contributed by atoms with Gasteiger partial charge in [-0.25, -0.2) is 8.42 Å². The molecule has 0 bridgehead atoms. The number of sulfone groups is 1. The summed E-state index contributed by atoms with van der Waals surface area (Å²) in [6.07, 6.45) is 1.94. The summed E-state index contributed by atoms with van der Waals surface area (Å²) in [4.78, 5) is 0.360. The van der Waals surface area contributed by atoms with E-state index in [0.717, 1.165) is 18.4 Å². The summed E-state index contributed by atoms with van der Waals surface area (Å²) in [7, 11) is -3.31. The van der Waals surface area contributed by atoms with Gasteiger partial charge in [-0.05, 0) is 24.5 Å². The van der Waals surface area contributed by atoms with Crippen molar-refractivity contribution >= 4 is 9.84 Å². The van der Waals surface area contributed by atoms with Crippen LogP contribution in [0.4, 0.5) is 0 Å². The number of rotatable bonds is 4. The molecule has 1 saturated carbocycles. The topological polar surface area (TPSA) is 63.6 Å². The molecule has 0 aromatic heterocycles. The minimum absolute atomic E-state index is 0.279. The molecular weight excluding hydrogens is 252 g/mol. The highest BCUT2D eigenvalue weighted by atomic mass is 32.2. The smallest absolute Gasteiger partial charge is 0.186 e. The van der Waals surface area contributed by atoms with Gasteiger partial charge >= 0.3 is 0 Å². The van der Waals surface area contributed by atoms with Crippen LogP contribution in [0, 0.1) is 0 Å². The number of hydrogen-bond acceptors (Lipinski definition) is 4. The summed E-state index contributed by atoms with van der Waals surface area (Å²) < 4.78 is 29.7. The lowest BCUT2D eigenvalue weighted by molar-refractivity contribution is 0.0415. The highest BCUT2D eigenvalue weighted by molar-refractivity contribution is 7.92. The monoisotopic (exact) mass is 268 g/mol. The van der Waals surface area contributed by atoms with Crippen molar-refractivity contribution in [2.24, 2.45) is 0 Å². The highest BCUT2D eigenvalue weighted by Crippen LogP contribution is 2.39. The van der Waals surface area contributed by atoms with Gasteiger partial charge in [0.15, 0.2) is 9.84 Å². The zero-order valence-electron chi connectivity index (χ0n) is 10.0. The van der Waals surface area contributed by atoms with Crippen LogP contribution in [-0.4, -0.2) is 37.6 Å². The van der Waals surface area contributed by atoms with Crippen LogP contribution in [0.25, 0.3) is 0 Å². The van der Waals surface area contributed by atoms with E-state index in [1.54, 1.807) is 18.2 Å². The third kappa shape index (κ3) is 2.06. The van der Waals surface area contributed by atoms with Gasteiger partial charge in [-0.2, -0.15) is 0 Å². The van der Waals surface area contributed by atoms with Crippen molar-refractivity contribution in [1.29, 1.82) is 0 Å². The molecule has 0 spiro atoms. The summed E-state index contributed by atoms with van der Waals surface area (Å²) in [5, 5.41) is 9.54. The molecule has 1 aromatic carbocycles. The van der Waals surface area contributed by atoms with E-state index in [0.29, 0.717) is 11.3 Å². The van der Waals surface area contributed by atoms with Crippen LogP contribution in [0.2, 0.25) is 0 Å². The van der Waals surface area contributed by atoms with E-state index >= 15 is 0 Å². The molecule has 2 aliphatic rings. The van der Waals surface area contributed by atoms with Crippen molar-refractivity contribution in [3.05, 3.63) is 29.8 Å². The average Bonchev–Trinajstić information content (AvgIpc) is 2.93. The Hall–Kier alpha value is -0.910. The Balaban J connectivity index is 1.95. The maximum Gasteiger partial charge on any atom is 0.186 e. The molecule has 0 unspecified atom stereocenters. The Morgan fingerprint density at radius 3 is 2.50 bits per heavy atom. The number of ether oxygens (including phenoxy) is 1. The van der Waals surface area contributed by atoms with Crippen LogP contribution in [0.5, 0.6) is 0 Å². The molecule has 18 heavy (non-hydrogen) atoms. The summed E-state index contributed by atoms with van der Waals surface area (Å²) in [6.45, 7) is 0.557. The molecule has 5 heteroatoms. The van der Waals surface area contributed by atoms with Gasteiger partial charge in [0.05, 0.1) is 23.7 Å². The SMILES string of the molecule is O=S(=O)(c1ccccc1CC1(O)CC1)C1COC1.